The molecule has 0 spiro atoms. The van der Waals surface area contributed by atoms with Gasteiger partial charge in [0.25, 0.3) is 0 Å². The number of nitrogens with zero attached hydrogens (tertiary/aromatic N) is 1. The lowest BCUT2D eigenvalue weighted by Crippen LogP contribution is -2.52. The largest absolute Gasteiger partial charge is 0.381 e. The fourth-order valence-corrected chi connectivity index (χ4v) is 2.33. The van der Waals surface area contributed by atoms with Crippen LogP contribution in [0.4, 0.5) is 0 Å². The van der Waals surface area contributed by atoms with E-state index < -0.39 is 0 Å². The third kappa shape index (κ3) is 2.49. The SMILES string of the molecule is NCCCC1CN(C(=O)C2CCOC2)C1. The van der Waals surface area contributed by atoms with Crippen LogP contribution in [0.2, 0.25) is 0 Å². The second kappa shape index (κ2) is 4.94. The van der Waals surface area contributed by atoms with Crippen molar-refractivity contribution in [3.8, 4) is 0 Å². The van der Waals surface area contributed by atoms with Gasteiger partial charge in [-0.3, -0.25) is 4.79 Å². The van der Waals surface area contributed by atoms with Gasteiger partial charge in [0.2, 0.25) is 5.91 Å². The number of hydrogen-bond donors (Lipinski definition) is 1. The van der Waals surface area contributed by atoms with Crippen LogP contribution >= 0.6 is 0 Å². The number of amides is 1. The molecule has 0 aliphatic carbocycles. The van der Waals surface area contributed by atoms with Crippen LogP contribution in [-0.4, -0.2) is 43.7 Å². The second-order valence-electron chi connectivity index (χ2n) is 4.60. The maximum atomic E-state index is 11.9. The van der Waals surface area contributed by atoms with E-state index in [1.165, 1.54) is 6.42 Å². The van der Waals surface area contributed by atoms with E-state index in [1.54, 1.807) is 0 Å². The molecule has 0 aromatic rings. The summed E-state index contributed by atoms with van der Waals surface area (Å²) in [6, 6.07) is 0. The summed E-state index contributed by atoms with van der Waals surface area (Å²) in [5.74, 6) is 1.14. The average molecular weight is 212 g/mol. The molecule has 15 heavy (non-hydrogen) atoms. The first-order chi connectivity index (χ1) is 7.31. The fraction of sp³-hybridized carbons (Fsp3) is 0.909. The molecule has 1 amide bonds. The van der Waals surface area contributed by atoms with E-state index >= 15 is 0 Å². The summed E-state index contributed by atoms with van der Waals surface area (Å²) in [4.78, 5) is 13.8. The standard InChI is InChI=1S/C11H20N2O2/c12-4-1-2-9-6-13(7-9)11(14)10-3-5-15-8-10/h9-10H,1-8,12H2. The lowest BCUT2D eigenvalue weighted by molar-refractivity contribution is -0.142. The summed E-state index contributed by atoms with van der Waals surface area (Å²) >= 11 is 0. The molecule has 86 valence electrons. The Kier molecular flexibility index (Phi) is 3.59. The van der Waals surface area contributed by atoms with Gasteiger partial charge in [-0.15, -0.1) is 0 Å². The Morgan fingerprint density at radius 3 is 2.87 bits per heavy atom. The normalized spacial score (nSPS) is 26.7. The van der Waals surface area contributed by atoms with Crippen molar-refractivity contribution in [3.63, 3.8) is 0 Å². The number of carbonyl (C=O) groups excluding carboxylic acids is 1. The summed E-state index contributed by atoms with van der Waals surface area (Å²) in [6.07, 6.45) is 3.16. The van der Waals surface area contributed by atoms with Crippen molar-refractivity contribution >= 4 is 5.91 Å². The number of likely N-dealkylation sites (tertiary alicyclic amines) is 1. The van der Waals surface area contributed by atoms with Crippen LogP contribution in [0.3, 0.4) is 0 Å². The Hall–Kier alpha value is -0.610. The molecule has 2 saturated heterocycles. The van der Waals surface area contributed by atoms with Crippen LogP contribution < -0.4 is 5.73 Å². The fourth-order valence-electron chi connectivity index (χ4n) is 2.33. The molecule has 2 heterocycles. The first-order valence-electron chi connectivity index (χ1n) is 5.88. The Bertz CT molecular complexity index is 221. The van der Waals surface area contributed by atoms with Crippen molar-refractivity contribution in [3.05, 3.63) is 0 Å². The molecule has 2 rings (SSSR count). The van der Waals surface area contributed by atoms with E-state index in [2.05, 4.69) is 0 Å². The van der Waals surface area contributed by atoms with E-state index in [0.717, 1.165) is 39.1 Å². The van der Waals surface area contributed by atoms with Gasteiger partial charge in [-0.25, -0.2) is 0 Å². The van der Waals surface area contributed by atoms with Crippen molar-refractivity contribution < 1.29 is 9.53 Å². The molecule has 1 unspecified atom stereocenters. The second-order valence-corrected chi connectivity index (χ2v) is 4.60. The predicted octanol–water partition coefficient (Wildman–Crippen LogP) is 0.220. The maximum absolute atomic E-state index is 11.9. The quantitative estimate of drug-likeness (QED) is 0.725. The third-order valence-corrected chi connectivity index (χ3v) is 3.36. The molecule has 2 aliphatic rings. The predicted molar refractivity (Wildman–Crippen MR) is 57.3 cm³/mol. The van der Waals surface area contributed by atoms with Crippen LogP contribution in [0.25, 0.3) is 0 Å². The van der Waals surface area contributed by atoms with Gasteiger partial charge in [-0.2, -0.15) is 0 Å². The zero-order valence-corrected chi connectivity index (χ0v) is 9.15. The van der Waals surface area contributed by atoms with Crippen molar-refractivity contribution in [2.45, 2.75) is 19.3 Å². The molecule has 0 bridgehead atoms. The first-order valence-corrected chi connectivity index (χ1v) is 5.88. The van der Waals surface area contributed by atoms with Gasteiger partial charge < -0.3 is 15.4 Å². The van der Waals surface area contributed by atoms with Gasteiger partial charge in [0.15, 0.2) is 0 Å². The maximum Gasteiger partial charge on any atom is 0.228 e. The van der Waals surface area contributed by atoms with E-state index in [-0.39, 0.29) is 5.92 Å². The minimum atomic E-state index is 0.139. The van der Waals surface area contributed by atoms with Gasteiger partial charge in [0, 0.05) is 19.7 Å². The molecule has 0 saturated carbocycles. The molecule has 0 aromatic heterocycles. The molecule has 0 radical (unpaired) electrons. The van der Waals surface area contributed by atoms with Gasteiger partial charge >= 0.3 is 0 Å². The Labute approximate surface area is 90.8 Å². The van der Waals surface area contributed by atoms with E-state index in [1.807, 2.05) is 4.90 Å². The molecule has 2 N–H and O–H groups in total. The first kappa shape index (κ1) is 10.9. The monoisotopic (exact) mass is 212 g/mol. The highest BCUT2D eigenvalue weighted by Crippen LogP contribution is 2.24. The van der Waals surface area contributed by atoms with E-state index in [9.17, 15) is 4.79 Å². The van der Waals surface area contributed by atoms with E-state index in [4.69, 9.17) is 10.5 Å². The highest BCUT2D eigenvalue weighted by atomic mass is 16.5. The van der Waals surface area contributed by atoms with Crippen LogP contribution in [-0.2, 0) is 9.53 Å². The molecule has 4 heteroatoms. The van der Waals surface area contributed by atoms with Gasteiger partial charge in [0.1, 0.15) is 0 Å². The lowest BCUT2D eigenvalue weighted by Gasteiger charge is -2.40. The van der Waals surface area contributed by atoms with E-state index in [0.29, 0.717) is 18.4 Å². The number of ether oxygens (including phenoxy) is 1. The van der Waals surface area contributed by atoms with Gasteiger partial charge in [-0.1, -0.05) is 0 Å². The summed E-state index contributed by atoms with van der Waals surface area (Å²) in [5, 5.41) is 0. The van der Waals surface area contributed by atoms with Gasteiger partial charge in [0.05, 0.1) is 12.5 Å². The van der Waals surface area contributed by atoms with Crippen LogP contribution in [0.15, 0.2) is 0 Å². The molecule has 0 aromatic carbocycles. The minimum absolute atomic E-state index is 0.139. The van der Waals surface area contributed by atoms with Crippen molar-refractivity contribution in [1.82, 2.24) is 4.90 Å². The molecule has 4 nitrogen and oxygen atoms in total. The number of hydrogen-bond acceptors (Lipinski definition) is 3. The summed E-state index contributed by atoms with van der Waals surface area (Å²) in [7, 11) is 0. The molecule has 2 fully saturated rings. The Morgan fingerprint density at radius 2 is 2.27 bits per heavy atom. The summed E-state index contributed by atoms with van der Waals surface area (Å²) in [5.41, 5.74) is 5.45. The highest BCUT2D eigenvalue weighted by molar-refractivity contribution is 5.80. The molecular weight excluding hydrogens is 192 g/mol. The van der Waals surface area contributed by atoms with Crippen molar-refractivity contribution in [1.29, 1.82) is 0 Å². The van der Waals surface area contributed by atoms with Gasteiger partial charge in [-0.05, 0) is 31.7 Å². The summed E-state index contributed by atoms with van der Waals surface area (Å²) in [6.45, 7) is 4.02. The zero-order chi connectivity index (χ0) is 10.7. The van der Waals surface area contributed by atoms with Crippen LogP contribution in [0, 0.1) is 11.8 Å². The highest BCUT2D eigenvalue weighted by Gasteiger charge is 2.35. The van der Waals surface area contributed by atoms with Crippen molar-refractivity contribution in [2.75, 3.05) is 32.8 Å². The molecule has 2 aliphatic heterocycles. The minimum Gasteiger partial charge on any atom is -0.381 e. The third-order valence-electron chi connectivity index (χ3n) is 3.36. The Balaban J connectivity index is 1.67. The average Bonchev–Trinajstić information content (AvgIpc) is 2.68. The Morgan fingerprint density at radius 1 is 1.47 bits per heavy atom. The molecular formula is C11H20N2O2. The summed E-state index contributed by atoms with van der Waals surface area (Å²) < 4.78 is 5.22. The number of rotatable bonds is 4. The number of carbonyl (C=O) groups is 1. The van der Waals surface area contributed by atoms with Crippen LogP contribution in [0.5, 0.6) is 0 Å². The topological polar surface area (TPSA) is 55.6 Å². The number of nitrogens with two attached hydrogens (primary N) is 1. The lowest BCUT2D eigenvalue weighted by atomic mass is 9.92. The van der Waals surface area contributed by atoms with Crippen LogP contribution in [0.1, 0.15) is 19.3 Å². The zero-order valence-electron chi connectivity index (χ0n) is 9.15. The van der Waals surface area contributed by atoms with Crippen molar-refractivity contribution in [2.24, 2.45) is 17.6 Å². The molecule has 1 atom stereocenters. The smallest absolute Gasteiger partial charge is 0.228 e.